The third-order valence-electron chi connectivity index (χ3n) is 6.81. The maximum absolute atomic E-state index is 13.5. The van der Waals surface area contributed by atoms with Crippen LogP contribution in [0.3, 0.4) is 0 Å². The van der Waals surface area contributed by atoms with Gasteiger partial charge in [-0.2, -0.15) is 0 Å². The van der Waals surface area contributed by atoms with Crippen LogP contribution in [0.15, 0.2) is 77.6 Å². The van der Waals surface area contributed by atoms with Gasteiger partial charge in [-0.05, 0) is 41.8 Å². The Hall–Kier alpha value is -3.84. The van der Waals surface area contributed by atoms with Crippen LogP contribution >= 0.6 is 0 Å². The summed E-state index contributed by atoms with van der Waals surface area (Å²) in [5.41, 5.74) is 3.22. The van der Waals surface area contributed by atoms with Crippen LogP contribution in [0.1, 0.15) is 11.1 Å². The number of nitrogens with zero attached hydrogens (tertiary/aromatic N) is 4. The molecule has 0 radical (unpaired) electrons. The number of ether oxygens (including phenoxy) is 2. The molecule has 1 fully saturated rings. The first-order valence-corrected chi connectivity index (χ1v) is 12.1. The summed E-state index contributed by atoms with van der Waals surface area (Å²) >= 11 is 0. The van der Waals surface area contributed by atoms with E-state index in [1.165, 1.54) is 11.1 Å². The van der Waals surface area contributed by atoms with Gasteiger partial charge in [-0.15, -0.1) is 0 Å². The molecule has 0 N–H and O–H groups in total. The van der Waals surface area contributed by atoms with E-state index in [0.717, 1.165) is 62.1 Å². The molecule has 0 aliphatic carbocycles. The Labute approximate surface area is 204 Å². The van der Waals surface area contributed by atoms with Crippen molar-refractivity contribution in [3.63, 3.8) is 0 Å². The zero-order chi connectivity index (χ0) is 23.6. The Balaban J connectivity index is 1.21. The third kappa shape index (κ3) is 4.47. The topological polar surface area (TPSA) is 59.8 Å². The molecule has 7 nitrogen and oxygen atoms in total. The fraction of sp³-hybridized carbons (Fsp3) is 0.286. The summed E-state index contributed by atoms with van der Waals surface area (Å²) in [6.45, 7) is 5.19. The molecule has 6 rings (SSSR count). The largest absolute Gasteiger partial charge is 0.454 e. The maximum Gasteiger partial charge on any atom is 0.262 e. The van der Waals surface area contributed by atoms with Crippen LogP contribution in [-0.2, 0) is 19.5 Å². The Morgan fingerprint density at radius 1 is 0.800 bits per heavy atom. The summed E-state index contributed by atoms with van der Waals surface area (Å²) in [4.78, 5) is 23.1. The van der Waals surface area contributed by atoms with Gasteiger partial charge in [0.15, 0.2) is 11.5 Å². The van der Waals surface area contributed by atoms with Crippen molar-refractivity contribution in [3.05, 3.63) is 94.3 Å². The molecular weight excluding hydrogens is 440 g/mol. The Morgan fingerprint density at radius 2 is 1.57 bits per heavy atom. The highest BCUT2D eigenvalue weighted by molar-refractivity contribution is 5.78. The number of piperazine rings is 1. The van der Waals surface area contributed by atoms with Crippen LogP contribution in [0.5, 0.6) is 11.5 Å². The second kappa shape index (κ2) is 9.43. The summed E-state index contributed by atoms with van der Waals surface area (Å²) in [5, 5.41) is 0.672. The Kier molecular flexibility index (Phi) is 5.84. The number of fused-ring (bicyclic) bond motifs is 2. The average Bonchev–Trinajstić information content (AvgIpc) is 3.37. The van der Waals surface area contributed by atoms with Gasteiger partial charge in [0.1, 0.15) is 0 Å². The highest BCUT2D eigenvalue weighted by Gasteiger charge is 2.23. The van der Waals surface area contributed by atoms with E-state index in [1.54, 1.807) is 0 Å². The molecule has 1 saturated heterocycles. The second-order valence-corrected chi connectivity index (χ2v) is 9.07. The van der Waals surface area contributed by atoms with Crippen molar-refractivity contribution >= 4 is 16.9 Å². The molecule has 0 unspecified atom stereocenters. The maximum atomic E-state index is 13.5. The summed E-state index contributed by atoms with van der Waals surface area (Å²) in [6, 6.07) is 24.1. The molecule has 3 aromatic carbocycles. The van der Waals surface area contributed by atoms with Gasteiger partial charge < -0.3 is 14.4 Å². The molecule has 0 atom stereocenters. The first-order chi connectivity index (χ1) is 17.2. The molecule has 3 heterocycles. The minimum absolute atomic E-state index is 0.0318. The van der Waals surface area contributed by atoms with E-state index in [2.05, 4.69) is 34.1 Å². The highest BCUT2D eigenvalue weighted by atomic mass is 16.7. The van der Waals surface area contributed by atoms with Crippen LogP contribution in [-0.4, -0.2) is 47.4 Å². The van der Waals surface area contributed by atoms with Gasteiger partial charge in [0.2, 0.25) is 12.7 Å². The minimum Gasteiger partial charge on any atom is -0.454 e. The van der Waals surface area contributed by atoms with Crippen LogP contribution in [0, 0.1) is 0 Å². The number of hydrogen-bond donors (Lipinski definition) is 0. The molecule has 35 heavy (non-hydrogen) atoms. The Bertz CT molecular complexity index is 1390. The number of benzene rings is 3. The third-order valence-corrected chi connectivity index (χ3v) is 6.81. The molecule has 2 aliphatic rings. The predicted octanol–water partition coefficient (Wildman–Crippen LogP) is 3.69. The van der Waals surface area contributed by atoms with Crippen molar-refractivity contribution in [3.8, 4) is 11.5 Å². The zero-order valence-corrected chi connectivity index (χ0v) is 19.6. The van der Waals surface area contributed by atoms with Crippen molar-refractivity contribution in [1.29, 1.82) is 0 Å². The lowest BCUT2D eigenvalue weighted by atomic mass is 10.1. The van der Waals surface area contributed by atoms with Gasteiger partial charge in [0.25, 0.3) is 5.56 Å². The molecule has 1 aromatic heterocycles. The van der Waals surface area contributed by atoms with Gasteiger partial charge in [-0.25, -0.2) is 4.98 Å². The summed E-state index contributed by atoms with van der Waals surface area (Å²) in [7, 11) is 0. The van der Waals surface area contributed by atoms with Gasteiger partial charge in [0, 0.05) is 39.3 Å². The van der Waals surface area contributed by atoms with Crippen LogP contribution < -0.4 is 19.9 Å². The Morgan fingerprint density at radius 3 is 2.43 bits per heavy atom. The van der Waals surface area contributed by atoms with E-state index < -0.39 is 0 Å². The zero-order valence-electron chi connectivity index (χ0n) is 19.6. The minimum atomic E-state index is 0.0318. The van der Waals surface area contributed by atoms with Gasteiger partial charge in [-0.1, -0.05) is 48.5 Å². The van der Waals surface area contributed by atoms with E-state index in [0.29, 0.717) is 18.7 Å². The van der Waals surface area contributed by atoms with Gasteiger partial charge in [0.05, 0.1) is 10.9 Å². The molecule has 0 amide bonds. The average molecular weight is 469 g/mol. The lowest BCUT2D eigenvalue weighted by molar-refractivity contribution is 0.174. The lowest BCUT2D eigenvalue weighted by Gasteiger charge is -2.36. The van der Waals surface area contributed by atoms with E-state index in [9.17, 15) is 4.79 Å². The standard InChI is InChI=1S/C28H28N4O3/c33-27-23-8-4-5-9-24(23)29-28(32(27)13-12-21-6-2-1-3-7-21)31-16-14-30(15-17-31)19-22-10-11-25-26(18-22)35-20-34-25/h1-11,18H,12-17,19-20H2. The fourth-order valence-electron chi connectivity index (χ4n) is 4.89. The number of hydrogen-bond acceptors (Lipinski definition) is 6. The first-order valence-electron chi connectivity index (χ1n) is 12.1. The normalized spacial score (nSPS) is 15.6. The first kappa shape index (κ1) is 21.7. The molecule has 2 aliphatic heterocycles. The van der Waals surface area contributed by atoms with E-state index in [-0.39, 0.29) is 5.56 Å². The fourth-order valence-corrected chi connectivity index (χ4v) is 4.89. The molecule has 0 bridgehead atoms. The van der Waals surface area contributed by atoms with Crippen molar-refractivity contribution in [2.75, 3.05) is 37.9 Å². The number of anilines is 1. The quantitative estimate of drug-likeness (QED) is 0.430. The molecule has 0 saturated carbocycles. The second-order valence-electron chi connectivity index (χ2n) is 9.07. The number of aryl methyl sites for hydroxylation is 1. The SMILES string of the molecule is O=c1c2ccccc2nc(N2CCN(Cc3ccc4c(c3)OCO4)CC2)n1CCc1ccccc1. The monoisotopic (exact) mass is 468 g/mol. The van der Waals surface area contributed by atoms with E-state index in [4.69, 9.17) is 14.5 Å². The van der Waals surface area contributed by atoms with Crippen LogP contribution in [0.25, 0.3) is 10.9 Å². The molecule has 4 aromatic rings. The van der Waals surface area contributed by atoms with Gasteiger partial charge >= 0.3 is 0 Å². The molecular formula is C28H28N4O3. The van der Waals surface area contributed by atoms with E-state index >= 15 is 0 Å². The highest BCUT2D eigenvalue weighted by Crippen LogP contribution is 2.33. The van der Waals surface area contributed by atoms with Crippen LogP contribution in [0.2, 0.25) is 0 Å². The van der Waals surface area contributed by atoms with Crippen LogP contribution in [0.4, 0.5) is 5.95 Å². The number of rotatable bonds is 6. The van der Waals surface area contributed by atoms with Gasteiger partial charge in [-0.3, -0.25) is 14.3 Å². The predicted molar refractivity (Wildman–Crippen MR) is 136 cm³/mol. The summed E-state index contributed by atoms with van der Waals surface area (Å²) < 4.78 is 12.8. The summed E-state index contributed by atoms with van der Waals surface area (Å²) in [5.74, 6) is 2.41. The smallest absolute Gasteiger partial charge is 0.262 e. The molecule has 178 valence electrons. The number of aromatic nitrogens is 2. The number of para-hydroxylation sites is 1. The van der Waals surface area contributed by atoms with Crippen molar-refractivity contribution < 1.29 is 9.47 Å². The van der Waals surface area contributed by atoms with Crippen molar-refractivity contribution in [2.24, 2.45) is 0 Å². The molecule has 7 heteroatoms. The lowest BCUT2D eigenvalue weighted by Crippen LogP contribution is -2.48. The van der Waals surface area contributed by atoms with Crippen molar-refractivity contribution in [2.45, 2.75) is 19.5 Å². The summed E-state index contributed by atoms with van der Waals surface area (Å²) in [6.07, 6.45) is 0.790. The van der Waals surface area contributed by atoms with Crippen molar-refractivity contribution in [1.82, 2.24) is 14.5 Å². The molecule has 0 spiro atoms. The van der Waals surface area contributed by atoms with E-state index in [1.807, 2.05) is 53.1 Å².